The molecule has 0 aromatic heterocycles. The first-order valence-electron chi connectivity index (χ1n) is 10.0. The normalized spacial score (nSPS) is 12.1. The predicted octanol–water partition coefficient (Wildman–Crippen LogP) is 4.14. The van der Waals surface area contributed by atoms with E-state index in [-0.39, 0.29) is 28.4 Å². The number of anilines is 2. The molecule has 0 aliphatic carbocycles. The summed E-state index contributed by atoms with van der Waals surface area (Å²) in [7, 11) is -3.89. The molecule has 0 saturated heterocycles. The number of phenolic OH excluding ortho intramolecular Hbond substituents is 1. The summed E-state index contributed by atoms with van der Waals surface area (Å²) < 4.78 is 25.9. The van der Waals surface area contributed by atoms with Crippen molar-refractivity contribution in [3.63, 3.8) is 0 Å². The lowest BCUT2D eigenvalue weighted by atomic mass is 10.2. The van der Waals surface area contributed by atoms with Crippen LogP contribution in [0.4, 0.5) is 11.4 Å². The molecule has 3 rings (SSSR count). The smallest absolute Gasteiger partial charge is 0.255 e. The van der Waals surface area contributed by atoms with Crippen molar-refractivity contribution in [3.8, 4) is 5.75 Å². The lowest BCUT2D eigenvalue weighted by molar-refractivity contribution is -0.115. The van der Waals surface area contributed by atoms with Crippen LogP contribution in [0.3, 0.4) is 0 Å². The number of rotatable bonds is 7. The standard InChI is InChI=1S/C24H24N2O5S/c1-3-22(32(30,31)19-11-7-8-16(2)14-19)24(29)25-18-12-13-20(21(27)15-18)26-23(28)17-9-5-4-6-10-17/h4-15,22,27H,3H2,1-2H3,(H,25,29)(H,26,28). The number of carbonyl (C=O) groups excluding carboxylic acids is 2. The molecular weight excluding hydrogens is 428 g/mol. The molecule has 0 spiro atoms. The quantitative estimate of drug-likeness (QED) is 0.466. The van der Waals surface area contributed by atoms with E-state index < -0.39 is 26.9 Å². The van der Waals surface area contributed by atoms with E-state index in [0.717, 1.165) is 5.56 Å². The first-order chi connectivity index (χ1) is 15.2. The Morgan fingerprint density at radius 3 is 2.28 bits per heavy atom. The average Bonchev–Trinajstić information content (AvgIpc) is 2.76. The Morgan fingerprint density at radius 2 is 1.66 bits per heavy atom. The summed E-state index contributed by atoms with van der Waals surface area (Å²) in [5.41, 5.74) is 1.58. The molecule has 3 aromatic rings. The molecule has 2 amide bonds. The van der Waals surface area contributed by atoms with E-state index in [1.165, 1.54) is 30.3 Å². The van der Waals surface area contributed by atoms with Gasteiger partial charge >= 0.3 is 0 Å². The average molecular weight is 453 g/mol. The van der Waals surface area contributed by atoms with Gasteiger partial charge < -0.3 is 15.7 Å². The van der Waals surface area contributed by atoms with Gasteiger partial charge in [0.15, 0.2) is 9.84 Å². The summed E-state index contributed by atoms with van der Waals surface area (Å²) in [4.78, 5) is 25.1. The number of sulfone groups is 1. The van der Waals surface area contributed by atoms with Gasteiger partial charge in [-0.1, -0.05) is 37.3 Å². The van der Waals surface area contributed by atoms with Crippen LogP contribution in [0.25, 0.3) is 0 Å². The fraction of sp³-hybridized carbons (Fsp3) is 0.167. The van der Waals surface area contributed by atoms with Crippen LogP contribution >= 0.6 is 0 Å². The summed E-state index contributed by atoms with van der Waals surface area (Å²) in [6.07, 6.45) is 0.0826. The highest BCUT2D eigenvalue weighted by molar-refractivity contribution is 7.92. The zero-order valence-electron chi connectivity index (χ0n) is 17.7. The fourth-order valence-corrected chi connectivity index (χ4v) is 4.95. The minimum Gasteiger partial charge on any atom is -0.506 e. The number of phenols is 1. The molecule has 166 valence electrons. The van der Waals surface area contributed by atoms with E-state index in [1.807, 2.05) is 0 Å². The lowest BCUT2D eigenvalue weighted by Gasteiger charge is -2.17. The third-order valence-electron chi connectivity index (χ3n) is 4.91. The highest BCUT2D eigenvalue weighted by Crippen LogP contribution is 2.28. The molecule has 0 aliphatic rings. The van der Waals surface area contributed by atoms with Gasteiger partial charge in [0.05, 0.1) is 10.6 Å². The van der Waals surface area contributed by atoms with E-state index >= 15 is 0 Å². The van der Waals surface area contributed by atoms with Crippen LogP contribution in [-0.2, 0) is 14.6 Å². The largest absolute Gasteiger partial charge is 0.506 e. The van der Waals surface area contributed by atoms with Crippen molar-refractivity contribution in [3.05, 3.63) is 83.9 Å². The van der Waals surface area contributed by atoms with Crippen LogP contribution in [0.15, 0.2) is 77.7 Å². The van der Waals surface area contributed by atoms with Crippen molar-refractivity contribution in [2.75, 3.05) is 10.6 Å². The maximum Gasteiger partial charge on any atom is 0.255 e. The molecule has 32 heavy (non-hydrogen) atoms. The monoisotopic (exact) mass is 452 g/mol. The Hall–Kier alpha value is -3.65. The van der Waals surface area contributed by atoms with Gasteiger partial charge in [0.1, 0.15) is 11.0 Å². The molecule has 0 saturated carbocycles. The number of hydrogen-bond acceptors (Lipinski definition) is 5. The molecule has 0 aliphatic heterocycles. The van der Waals surface area contributed by atoms with Gasteiger partial charge in [-0.15, -0.1) is 0 Å². The zero-order chi connectivity index (χ0) is 23.3. The molecule has 3 N–H and O–H groups in total. The van der Waals surface area contributed by atoms with Gasteiger partial charge in [-0.3, -0.25) is 9.59 Å². The number of benzene rings is 3. The van der Waals surface area contributed by atoms with Gasteiger partial charge in [-0.2, -0.15) is 0 Å². The summed E-state index contributed by atoms with van der Waals surface area (Å²) in [5, 5.41) is 14.1. The predicted molar refractivity (Wildman–Crippen MR) is 124 cm³/mol. The first-order valence-corrected chi connectivity index (χ1v) is 11.6. The Balaban J connectivity index is 1.75. The topological polar surface area (TPSA) is 113 Å². The van der Waals surface area contributed by atoms with Crippen molar-refractivity contribution in [1.82, 2.24) is 0 Å². The van der Waals surface area contributed by atoms with Crippen LogP contribution < -0.4 is 10.6 Å². The maximum atomic E-state index is 13.0. The molecular formula is C24H24N2O5S. The van der Waals surface area contributed by atoms with Gasteiger partial charge in [0.2, 0.25) is 5.91 Å². The summed E-state index contributed by atoms with van der Waals surface area (Å²) in [5.74, 6) is -1.36. The second-order valence-corrected chi connectivity index (χ2v) is 9.43. The number of hydrogen-bond donors (Lipinski definition) is 3. The molecule has 0 radical (unpaired) electrons. The maximum absolute atomic E-state index is 13.0. The second kappa shape index (κ2) is 9.65. The van der Waals surface area contributed by atoms with Crippen LogP contribution in [0.1, 0.15) is 29.3 Å². The summed E-state index contributed by atoms with van der Waals surface area (Å²) in [6.45, 7) is 3.40. The Kier molecular flexibility index (Phi) is 6.95. The van der Waals surface area contributed by atoms with Gasteiger partial charge in [-0.05, 0) is 55.3 Å². The fourth-order valence-electron chi connectivity index (χ4n) is 3.22. The molecule has 7 nitrogen and oxygen atoms in total. The Bertz CT molecular complexity index is 1240. The molecule has 0 fully saturated rings. The minimum atomic E-state index is -3.89. The SMILES string of the molecule is CCC(C(=O)Nc1ccc(NC(=O)c2ccccc2)c(O)c1)S(=O)(=O)c1cccc(C)c1. The minimum absolute atomic E-state index is 0.0826. The number of aromatic hydroxyl groups is 1. The van der Waals surface area contributed by atoms with Gasteiger partial charge in [0, 0.05) is 17.3 Å². The molecule has 3 aromatic carbocycles. The van der Waals surface area contributed by atoms with Crippen molar-refractivity contribution in [1.29, 1.82) is 0 Å². The van der Waals surface area contributed by atoms with E-state index in [9.17, 15) is 23.1 Å². The van der Waals surface area contributed by atoms with Crippen LogP contribution in [0.5, 0.6) is 5.75 Å². The number of carbonyl (C=O) groups is 2. The van der Waals surface area contributed by atoms with Crippen molar-refractivity contribution in [2.24, 2.45) is 0 Å². The number of aryl methyl sites for hydroxylation is 1. The van der Waals surface area contributed by atoms with Gasteiger partial charge in [-0.25, -0.2) is 8.42 Å². The third kappa shape index (κ3) is 5.15. The van der Waals surface area contributed by atoms with Crippen molar-refractivity contribution >= 4 is 33.0 Å². The molecule has 1 unspecified atom stereocenters. The number of amides is 2. The van der Waals surface area contributed by atoms with Crippen LogP contribution in [0, 0.1) is 6.92 Å². The lowest BCUT2D eigenvalue weighted by Crippen LogP contribution is -2.34. The Labute approximate surface area is 187 Å². The van der Waals surface area contributed by atoms with Crippen LogP contribution in [-0.4, -0.2) is 30.6 Å². The molecule has 8 heteroatoms. The van der Waals surface area contributed by atoms with E-state index in [2.05, 4.69) is 10.6 Å². The van der Waals surface area contributed by atoms with Crippen molar-refractivity contribution < 1.29 is 23.1 Å². The first kappa shape index (κ1) is 23.0. The van der Waals surface area contributed by atoms with Crippen LogP contribution in [0.2, 0.25) is 0 Å². The van der Waals surface area contributed by atoms with E-state index in [0.29, 0.717) is 5.56 Å². The highest BCUT2D eigenvalue weighted by Gasteiger charge is 2.32. The van der Waals surface area contributed by atoms with Gasteiger partial charge in [0.25, 0.3) is 5.91 Å². The second-order valence-electron chi connectivity index (χ2n) is 7.30. The van der Waals surface area contributed by atoms with E-state index in [1.54, 1.807) is 56.3 Å². The molecule has 1 atom stereocenters. The summed E-state index contributed by atoms with van der Waals surface area (Å²) >= 11 is 0. The highest BCUT2D eigenvalue weighted by atomic mass is 32.2. The third-order valence-corrected chi connectivity index (χ3v) is 7.11. The Morgan fingerprint density at radius 1 is 0.938 bits per heavy atom. The van der Waals surface area contributed by atoms with Crippen molar-refractivity contribution in [2.45, 2.75) is 30.4 Å². The summed E-state index contributed by atoms with van der Waals surface area (Å²) in [6, 6.07) is 19.1. The zero-order valence-corrected chi connectivity index (χ0v) is 18.5. The molecule has 0 heterocycles. The number of nitrogens with one attached hydrogen (secondary N) is 2. The van der Waals surface area contributed by atoms with E-state index in [4.69, 9.17) is 0 Å². The molecule has 0 bridgehead atoms.